The number of anilines is 2. The van der Waals surface area contributed by atoms with Gasteiger partial charge in [-0.05, 0) is 84.6 Å². The van der Waals surface area contributed by atoms with Crippen molar-refractivity contribution in [2.75, 3.05) is 23.0 Å². The number of aromatic nitrogens is 1. The van der Waals surface area contributed by atoms with Crippen molar-refractivity contribution in [3.8, 4) is 5.75 Å². The Bertz CT molecular complexity index is 1760. The number of H-pyrrole nitrogens is 1. The second kappa shape index (κ2) is 14.1. The van der Waals surface area contributed by atoms with Gasteiger partial charge in [0.1, 0.15) is 11.4 Å². The number of amides is 3. The van der Waals surface area contributed by atoms with Gasteiger partial charge in [0.05, 0.1) is 12.4 Å². The first-order valence-electron chi connectivity index (χ1n) is 13.7. The van der Waals surface area contributed by atoms with E-state index < -0.39 is 11.8 Å². The molecule has 0 radical (unpaired) electrons. The van der Waals surface area contributed by atoms with Gasteiger partial charge in [-0.15, -0.1) is 11.8 Å². The summed E-state index contributed by atoms with van der Waals surface area (Å²) in [6, 6.07) is 30.8. The molecule has 0 aliphatic rings. The highest BCUT2D eigenvalue weighted by molar-refractivity contribution is 8.00. The van der Waals surface area contributed by atoms with E-state index in [0.717, 1.165) is 15.8 Å². The summed E-state index contributed by atoms with van der Waals surface area (Å²) in [5.41, 5.74) is 3.41. The molecule has 0 aliphatic carbocycles. The minimum Gasteiger partial charge on any atom is -0.494 e. The van der Waals surface area contributed by atoms with Crippen molar-refractivity contribution in [2.24, 2.45) is 0 Å². The number of nitrogens with one attached hydrogen (secondary N) is 4. The minimum atomic E-state index is -0.488. The standard InChI is InChI=1S/C34H30N4O4S/c1-2-42-28-15-11-23(12-16-28)19-31(38-33(40)25-7-4-3-5-8-25)34(41)37-26-9-6-10-29(20-26)43-22-32(39)36-27-14-13-24-17-18-35-30(24)21-27/h3-21,35H,2,22H2,1H3,(H,36,39)(H,37,41)(H,38,40)/b31-19+. The van der Waals surface area contributed by atoms with Crippen LogP contribution in [0.5, 0.6) is 5.75 Å². The van der Waals surface area contributed by atoms with Gasteiger partial charge >= 0.3 is 0 Å². The molecule has 3 amide bonds. The molecule has 0 fully saturated rings. The third kappa shape index (κ3) is 8.15. The van der Waals surface area contributed by atoms with Gasteiger partial charge in [0.25, 0.3) is 11.8 Å². The monoisotopic (exact) mass is 590 g/mol. The molecular weight excluding hydrogens is 560 g/mol. The van der Waals surface area contributed by atoms with Gasteiger partial charge in [0, 0.05) is 33.5 Å². The molecule has 0 spiro atoms. The normalized spacial score (nSPS) is 11.1. The Balaban J connectivity index is 1.26. The Morgan fingerprint density at radius 3 is 2.42 bits per heavy atom. The summed E-state index contributed by atoms with van der Waals surface area (Å²) >= 11 is 1.35. The quantitative estimate of drug-likeness (QED) is 0.101. The number of benzene rings is 4. The van der Waals surface area contributed by atoms with Crippen LogP contribution in [0.4, 0.5) is 11.4 Å². The zero-order chi connectivity index (χ0) is 30.0. The zero-order valence-corrected chi connectivity index (χ0v) is 24.2. The van der Waals surface area contributed by atoms with Crippen LogP contribution >= 0.6 is 11.8 Å². The summed E-state index contributed by atoms with van der Waals surface area (Å²) in [6.07, 6.45) is 3.47. The summed E-state index contributed by atoms with van der Waals surface area (Å²) < 4.78 is 5.50. The fraction of sp³-hybridized carbons (Fsp3) is 0.0882. The molecule has 8 nitrogen and oxygen atoms in total. The third-order valence-electron chi connectivity index (χ3n) is 6.33. The molecule has 216 valence electrons. The van der Waals surface area contributed by atoms with Crippen LogP contribution < -0.4 is 20.7 Å². The van der Waals surface area contributed by atoms with Crippen molar-refractivity contribution in [3.63, 3.8) is 0 Å². The number of hydrogen-bond acceptors (Lipinski definition) is 5. The number of carbonyl (C=O) groups excluding carboxylic acids is 3. The van der Waals surface area contributed by atoms with Crippen LogP contribution in [-0.2, 0) is 9.59 Å². The third-order valence-corrected chi connectivity index (χ3v) is 7.33. The molecule has 0 atom stereocenters. The second-order valence-corrected chi connectivity index (χ2v) is 10.5. The zero-order valence-electron chi connectivity index (χ0n) is 23.4. The first-order chi connectivity index (χ1) is 21.0. The molecule has 0 saturated carbocycles. The topological polar surface area (TPSA) is 112 Å². The summed E-state index contributed by atoms with van der Waals surface area (Å²) in [6.45, 7) is 2.45. The first kappa shape index (κ1) is 29.2. The van der Waals surface area contributed by atoms with Crippen LogP contribution in [0.2, 0.25) is 0 Å². The lowest BCUT2D eigenvalue weighted by Crippen LogP contribution is -2.30. The van der Waals surface area contributed by atoms with Gasteiger partial charge in [0.15, 0.2) is 0 Å². The molecule has 5 aromatic rings. The highest BCUT2D eigenvalue weighted by Gasteiger charge is 2.16. The van der Waals surface area contributed by atoms with Crippen LogP contribution in [0.1, 0.15) is 22.8 Å². The van der Waals surface area contributed by atoms with Crippen molar-refractivity contribution < 1.29 is 19.1 Å². The second-order valence-electron chi connectivity index (χ2n) is 9.48. The lowest BCUT2D eigenvalue weighted by molar-refractivity contribution is -0.114. The van der Waals surface area contributed by atoms with Crippen LogP contribution in [-0.4, -0.2) is 35.1 Å². The average molecular weight is 591 g/mol. The maximum atomic E-state index is 13.4. The number of rotatable bonds is 11. The average Bonchev–Trinajstić information content (AvgIpc) is 3.49. The highest BCUT2D eigenvalue weighted by atomic mass is 32.2. The number of ether oxygens (including phenoxy) is 1. The summed E-state index contributed by atoms with van der Waals surface area (Å²) in [7, 11) is 0. The lowest BCUT2D eigenvalue weighted by atomic mass is 10.1. The number of fused-ring (bicyclic) bond motifs is 1. The Kier molecular flexibility index (Phi) is 9.56. The fourth-order valence-corrected chi connectivity index (χ4v) is 5.02. The molecular formula is C34H30N4O4S. The number of hydrogen-bond donors (Lipinski definition) is 4. The van der Waals surface area contributed by atoms with Crippen molar-refractivity contribution in [3.05, 3.63) is 126 Å². The Morgan fingerprint density at radius 1 is 0.837 bits per heavy atom. The molecule has 0 bridgehead atoms. The van der Waals surface area contributed by atoms with E-state index in [1.807, 2.05) is 61.7 Å². The molecule has 0 aliphatic heterocycles. The van der Waals surface area contributed by atoms with Gasteiger partial charge < -0.3 is 25.7 Å². The van der Waals surface area contributed by atoms with Crippen molar-refractivity contribution in [1.29, 1.82) is 0 Å². The SMILES string of the molecule is CCOc1ccc(/C=C(/NC(=O)c2ccccc2)C(=O)Nc2cccc(SCC(=O)Nc3ccc4cc[nH]c4c3)c2)cc1. The molecule has 5 rings (SSSR count). The van der Waals surface area contributed by atoms with Gasteiger partial charge in [-0.3, -0.25) is 14.4 Å². The van der Waals surface area contributed by atoms with E-state index in [1.165, 1.54) is 11.8 Å². The van der Waals surface area contributed by atoms with Crippen molar-refractivity contribution in [1.82, 2.24) is 10.3 Å². The first-order valence-corrected chi connectivity index (χ1v) is 14.7. The van der Waals surface area contributed by atoms with E-state index in [9.17, 15) is 14.4 Å². The van der Waals surface area contributed by atoms with E-state index in [0.29, 0.717) is 34.9 Å². The molecule has 43 heavy (non-hydrogen) atoms. The maximum absolute atomic E-state index is 13.4. The van der Waals surface area contributed by atoms with E-state index in [2.05, 4.69) is 20.9 Å². The maximum Gasteiger partial charge on any atom is 0.272 e. The van der Waals surface area contributed by atoms with Crippen molar-refractivity contribution in [2.45, 2.75) is 11.8 Å². The number of thioether (sulfide) groups is 1. The Labute approximate surface area is 253 Å². The largest absolute Gasteiger partial charge is 0.494 e. The van der Waals surface area contributed by atoms with Gasteiger partial charge in [-0.25, -0.2) is 0 Å². The summed E-state index contributed by atoms with van der Waals surface area (Å²) in [5.74, 6) is -0.134. The van der Waals surface area contributed by atoms with E-state index >= 15 is 0 Å². The summed E-state index contributed by atoms with van der Waals surface area (Å²) in [4.78, 5) is 42.9. The van der Waals surface area contributed by atoms with Crippen LogP contribution in [0.25, 0.3) is 17.0 Å². The lowest BCUT2D eigenvalue weighted by Gasteiger charge is -2.12. The highest BCUT2D eigenvalue weighted by Crippen LogP contribution is 2.23. The fourth-order valence-electron chi connectivity index (χ4n) is 4.27. The number of carbonyl (C=O) groups is 3. The van der Waals surface area contributed by atoms with Crippen LogP contribution in [0.3, 0.4) is 0 Å². The minimum absolute atomic E-state index is 0.0782. The van der Waals surface area contributed by atoms with Gasteiger partial charge in [-0.1, -0.05) is 42.5 Å². The smallest absolute Gasteiger partial charge is 0.272 e. The summed E-state index contributed by atoms with van der Waals surface area (Å²) in [5, 5.41) is 9.61. The van der Waals surface area contributed by atoms with Crippen molar-refractivity contribution >= 4 is 57.8 Å². The molecule has 0 saturated heterocycles. The van der Waals surface area contributed by atoms with E-state index in [4.69, 9.17) is 4.74 Å². The van der Waals surface area contributed by atoms with Crippen LogP contribution in [0, 0.1) is 0 Å². The molecule has 0 unspecified atom stereocenters. The van der Waals surface area contributed by atoms with E-state index in [-0.39, 0.29) is 17.4 Å². The molecule has 1 aromatic heterocycles. The molecule has 1 heterocycles. The van der Waals surface area contributed by atoms with Gasteiger partial charge in [0.2, 0.25) is 5.91 Å². The molecule has 9 heteroatoms. The predicted octanol–water partition coefficient (Wildman–Crippen LogP) is 6.71. The van der Waals surface area contributed by atoms with Crippen LogP contribution in [0.15, 0.2) is 120 Å². The molecule has 4 aromatic carbocycles. The Morgan fingerprint density at radius 2 is 1.63 bits per heavy atom. The van der Waals surface area contributed by atoms with E-state index in [1.54, 1.807) is 60.7 Å². The van der Waals surface area contributed by atoms with Gasteiger partial charge in [-0.2, -0.15) is 0 Å². The molecule has 4 N–H and O–H groups in total. The predicted molar refractivity (Wildman–Crippen MR) is 172 cm³/mol. The Hall–Kier alpha value is -5.28. The number of aromatic amines is 1.